The predicted molar refractivity (Wildman–Crippen MR) is 210 cm³/mol. The highest BCUT2D eigenvalue weighted by Gasteiger charge is 2.44. The maximum Gasteiger partial charge on any atom is 0.306 e. The Morgan fingerprint density at radius 3 is 1.47 bits per heavy atom. The fourth-order valence-corrected chi connectivity index (χ4v) is 6.65. The van der Waals surface area contributed by atoms with E-state index in [9.17, 15) is 30.0 Å². The molecular formula is C43H80O10. The minimum Gasteiger partial charge on any atom is -0.462 e. The molecule has 6 atom stereocenters. The Labute approximate surface area is 322 Å². The van der Waals surface area contributed by atoms with E-state index in [1.165, 1.54) is 103 Å². The molecule has 0 unspecified atom stereocenters. The van der Waals surface area contributed by atoms with Gasteiger partial charge in [0.25, 0.3) is 0 Å². The average Bonchev–Trinajstić information content (AvgIpc) is 3.15. The summed E-state index contributed by atoms with van der Waals surface area (Å²) >= 11 is 0. The lowest BCUT2D eigenvalue weighted by atomic mass is 9.99. The number of unbranched alkanes of at least 4 members (excludes halogenated alkanes) is 23. The summed E-state index contributed by atoms with van der Waals surface area (Å²) in [5.41, 5.74) is 0. The summed E-state index contributed by atoms with van der Waals surface area (Å²) in [5.74, 6) is -0.809. The number of hydrogen-bond acceptors (Lipinski definition) is 10. The minimum atomic E-state index is -1.59. The van der Waals surface area contributed by atoms with Crippen molar-refractivity contribution in [2.45, 2.75) is 230 Å². The third-order valence-electron chi connectivity index (χ3n) is 10.2. The van der Waals surface area contributed by atoms with Crippen LogP contribution in [-0.2, 0) is 28.5 Å². The maximum atomic E-state index is 12.7. The van der Waals surface area contributed by atoms with Crippen LogP contribution in [0.25, 0.3) is 0 Å². The summed E-state index contributed by atoms with van der Waals surface area (Å²) in [5, 5.41) is 40.0. The number of esters is 2. The van der Waals surface area contributed by atoms with Gasteiger partial charge in [-0.2, -0.15) is 0 Å². The Morgan fingerprint density at radius 2 is 1.00 bits per heavy atom. The number of rotatable bonds is 36. The molecule has 0 aromatic heterocycles. The van der Waals surface area contributed by atoms with E-state index in [0.717, 1.165) is 57.8 Å². The van der Waals surface area contributed by atoms with E-state index in [-0.39, 0.29) is 32.0 Å². The summed E-state index contributed by atoms with van der Waals surface area (Å²) in [7, 11) is 0. The van der Waals surface area contributed by atoms with E-state index < -0.39 is 49.4 Å². The van der Waals surface area contributed by atoms with Crippen LogP contribution in [0.4, 0.5) is 0 Å². The highest BCUT2D eigenvalue weighted by Crippen LogP contribution is 2.23. The first-order valence-electron chi connectivity index (χ1n) is 21.8. The summed E-state index contributed by atoms with van der Waals surface area (Å²) in [6.45, 7) is 3.41. The van der Waals surface area contributed by atoms with E-state index >= 15 is 0 Å². The van der Waals surface area contributed by atoms with Gasteiger partial charge in [0, 0.05) is 12.8 Å². The van der Waals surface area contributed by atoms with E-state index in [1.54, 1.807) is 0 Å². The molecule has 0 aromatic carbocycles. The predicted octanol–water partition coefficient (Wildman–Crippen LogP) is 8.78. The van der Waals surface area contributed by atoms with Gasteiger partial charge < -0.3 is 39.4 Å². The van der Waals surface area contributed by atoms with E-state index in [1.807, 2.05) is 0 Å². The van der Waals surface area contributed by atoms with Gasteiger partial charge in [0.15, 0.2) is 12.4 Å². The van der Waals surface area contributed by atoms with Crippen molar-refractivity contribution in [3.63, 3.8) is 0 Å². The van der Waals surface area contributed by atoms with Crippen LogP contribution >= 0.6 is 0 Å². The fourth-order valence-electron chi connectivity index (χ4n) is 6.65. The molecule has 1 aliphatic rings. The van der Waals surface area contributed by atoms with Crippen molar-refractivity contribution in [2.24, 2.45) is 0 Å². The second-order valence-electron chi connectivity index (χ2n) is 15.2. The smallest absolute Gasteiger partial charge is 0.306 e. The second-order valence-corrected chi connectivity index (χ2v) is 15.2. The first-order chi connectivity index (χ1) is 25.8. The first kappa shape index (κ1) is 49.5. The maximum absolute atomic E-state index is 12.7. The molecule has 1 saturated heterocycles. The van der Waals surface area contributed by atoms with Gasteiger partial charge in [0.05, 0.1) is 13.2 Å². The molecule has 0 amide bonds. The molecule has 0 bridgehead atoms. The second kappa shape index (κ2) is 34.9. The van der Waals surface area contributed by atoms with Gasteiger partial charge in [-0.1, -0.05) is 154 Å². The number of carbonyl (C=O) groups is 2. The Bertz CT molecular complexity index is 881. The molecule has 4 N–H and O–H groups in total. The average molecular weight is 757 g/mol. The van der Waals surface area contributed by atoms with Crippen molar-refractivity contribution in [3.8, 4) is 0 Å². The fraction of sp³-hybridized carbons (Fsp3) is 0.907. The normalized spacial score (nSPS) is 20.9. The van der Waals surface area contributed by atoms with Gasteiger partial charge in [-0.25, -0.2) is 0 Å². The van der Waals surface area contributed by atoms with Crippen LogP contribution in [0.3, 0.4) is 0 Å². The Kier molecular flexibility index (Phi) is 32.6. The van der Waals surface area contributed by atoms with Crippen LogP contribution in [0, 0.1) is 0 Å². The lowest BCUT2D eigenvalue weighted by Crippen LogP contribution is -2.59. The number of carbonyl (C=O) groups excluding carboxylic acids is 2. The van der Waals surface area contributed by atoms with Gasteiger partial charge in [0.1, 0.15) is 31.0 Å². The monoisotopic (exact) mass is 757 g/mol. The Morgan fingerprint density at radius 1 is 0.566 bits per heavy atom. The molecule has 0 aromatic rings. The van der Waals surface area contributed by atoms with Crippen molar-refractivity contribution in [1.82, 2.24) is 0 Å². The molecule has 0 saturated carbocycles. The number of aliphatic hydroxyl groups excluding tert-OH is 4. The number of aliphatic hydroxyl groups is 4. The van der Waals surface area contributed by atoms with E-state index in [2.05, 4.69) is 26.0 Å². The lowest BCUT2D eigenvalue weighted by Gasteiger charge is -2.39. The van der Waals surface area contributed by atoms with Crippen LogP contribution in [0.1, 0.15) is 194 Å². The quantitative estimate of drug-likeness (QED) is 0.0277. The van der Waals surface area contributed by atoms with Crippen molar-refractivity contribution >= 4 is 11.9 Å². The third-order valence-corrected chi connectivity index (χ3v) is 10.2. The molecular weight excluding hydrogens is 676 g/mol. The molecule has 312 valence electrons. The zero-order chi connectivity index (χ0) is 38.8. The van der Waals surface area contributed by atoms with Crippen molar-refractivity contribution < 1.29 is 49.0 Å². The van der Waals surface area contributed by atoms with Gasteiger partial charge >= 0.3 is 11.9 Å². The van der Waals surface area contributed by atoms with Crippen molar-refractivity contribution in [3.05, 3.63) is 12.2 Å². The summed E-state index contributed by atoms with van der Waals surface area (Å²) in [6, 6.07) is 0. The van der Waals surface area contributed by atoms with Gasteiger partial charge in [0.2, 0.25) is 0 Å². The summed E-state index contributed by atoms with van der Waals surface area (Å²) < 4.78 is 22.1. The van der Waals surface area contributed by atoms with Crippen LogP contribution in [0.5, 0.6) is 0 Å². The summed E-state index contributed by atoms with van der Waals surface area (Å²) in [6.07, 6.45) is 27.9. The SMILES string of the molecule is CCCCCCCCC=CCCCCCCCC(=O)OC[C@H](CO[C@H]1O[C@H](CO)[C@H](O)[C@H](O)[C@H]1O)OC(=O)CCCCCCCCCCCCCCC. The molecule has 53 heavy (non-hydrogen) atoms. The zero-order valence-corrected chi connectivity index (χ0v) is 33.8. The topological polar surface area (TPSA) is 152 Å². The van der Waals surface area contributed by atoms with Crippen molar-refractivity contribution in [1.29, 1.82) is 0 Å². The van der Waals surface area contributed by atoms with Gasteiger partial charge in [-0.05, 0) is 38.5 Å². The standard InChI is InChI=1S/C43H80O10/c1-3-5-7-9-11-13-15-17-18-20-21-23-25-27-29-31-38(45)50-34-36(35-51-43-42(49)41(48)40(47)37(33-44)53-43)52-39(46)32-30-28-26-24-22-19-16-14-12-10-8-6-4-2/h17-18,36-37,40-44,47-49H,3-16,19-35H2,1-2H3/t36-,37-,40+,41+,42-,43+/m1/s1. The van der Waals surface area contributed by atoms with Crippen molar-refractivity contribution in [2.75, 3.05) is 19.8 Å². The first-order valence-corrected chi connectivity index (χ1v) is 21.8. The Balaban J connectivity index is 2.34. The molecule has 1 aliphatic heterocycles. The van der Waals surface area contributed by atoms with Crippen LogP contribution in [-0.4, -0.2) is 89.0 Å². The largest absolute Gasteiger partial charge is 0.462 e. The molecule has 10 heteroatoms. The van der Waals surface area contributed by atoms with Crippen LogP contribution in [0.2, 0.25) is 0 Å². The van der Waals surface area contributed by atoms with Crippen LogP contribution in [0.15, 0.2) is 12.2 Å². The molecule has 0 radical (unpaired) electrons. The van der Waals surface area contributed by atoms with E-state index in [4.69, 9.17) is 18.9 Å². The molecule has 1 rings (SSSR count). The number of allylic oxidation sites excluding steroid dienone is 2. The highest BCUT2D eigenvalue weighted by atomic mass is 16.7. The third kappa shape index (κ3) is 26.8. The highest BCUT2D eigenvalue weighted by molar-refractivity contribution is 5.70. The van der Waals surface area contributed by atoms with Gasteiger partial charge in [-0.3, -0.25) is 9.59 Å². The molecule has 0 aliphatic carbocycles. The summed E-state index contributed by atoms with van der Waals surface area (Å²) in [4.78, 5) is 25.3. The molecule has 1 heterocycles. The number of hydrogen-bond donors (Lipinski definition) is 4. The molecule has 10 nitrogen and oxygen atoms in total. The molecule has 0 spiro atoms. The zero-order valence-electron chi connectivity index (χ0n) is 33.8. The lowest BCUT2D eigenvalue weighted by molar-refractivity contribution is -0.305. The van der Waals surface area contributed by atoms with Crippen LogP contribution < -0.4 is 0 Å². The minimum absolute atomic E-state index is 0.217. The van der Waals surface area contributed by atoms with E-state index in [0.29, 0.717) is 6.42 Å². The molecule has 1 fully saturated rings. The van der Waals surface area contributed by atoms with Gasteiger partial charge in [-0.15, -0.1) is 0 Å². The number of ether oxygens (including phenoxy) is 4. The Hall–Kier alpha value is -1.56.